The minimum atomic E-state index is -4.43. The van der Waals surface area contributed by atoms with E-state index < -0.39 is 35.8 Å². The van der Waals surface area contributed by atoms with E-state index in [0.717, 1.165) is 37.0 Å². The van der Waals surface area contributed by atoms with E-state index in [1.165, 1.54) is 12.1 Å². The Bertz CT molecular complexity index is 1020. The van der Waals surface area contributed by atoms with Crippen molar-refractivity contribution in [2.75, 3.05) is 27.4 Å². The average Bonchev–Trinajstić information content (AvgIpc) is 2.90. The Hall–Kier alpha value is -2.82. The molecule has 0 heterocycles. The molecule has 0 bridgehead atoms. The van der Waals surface area contributed by atoms with Crippen molar-refractivity contribution in [1.29, 1.82) is 0 Å². The summed E-state index contributed by atoms with van der Waals surface area (Å²) >= 11 is 0. The van der Waals surface area contributed by atoms with Crippen LogP contribution in [0.4, 0.5) is 13.2 Å². The van der Waals surface area contributed by atoms with Crippen LogP contribution in [-0.4, -0.2) is 56.6 Å². The van der Waals surface area contributed by atoms with Gasteiger partial charge >= 0.3 is 6.18 Å². The van der Waals surface area contributed by atoms with Crippen LogP contribution < -0.4 is 20.5 Å². The first-order valence-corrected chi connectivity index (χ1v) is 13.2. The van der Waals surface area contributed by atoms with Crippen molar-refractivity contribution >= 4 is 5.91 Å². The van der Waals surface area contributed by atoms with Crippen molar-refractivity contribution in [2.45, 2.75) is 70.3 Å². The van der Waals surface area contributed by atoms with E-state index in [2.05, 4.69) is 12.2 Å². The Morgan fingerprint density at radius 2 is 1.72 bits per heavy atom. The van der Waals surface area contributed by atoms with Gasteiger partial charge in [-0.2, -0.15) is 13.2 Å². The van der Waals surface area contributed by atoms with E-state index in [9.17, 15) is 23.1 Å². The first-order chi connectivity index (χ1) is 18.5. The van der Waals surface area contributed by atoms with Crippen molar-refractivity contribution < 1.29 is 37.3 Å². The Labute approximate surface area is 228 Å². The highest BCUT2D eigenvalue weighted by Crippen LogP contribution is 2.31. The van der Waals surface area contributed by atoms with Gasteiger partial charge in [0.25, 0.3) is 0 Å². The highest BCUT2D eigenvalue weighted by atomic mass is 19.4. The number of aliphatic hydroxyl groups is 1. The van der Waals surface area contributed by atoms with Crippen LogP contribution in [-0.2, 0) is 28.5 Å². The van der Waals surface area contributed by atoms with Gasteiger partial charge in [-0.15, -0.1) is 0 Å². The van der Waals surface area contributed by atoms with Crippen LogP contribution >= 0.6 is 0 Å². The fraction of sp³-hybridized carbons (Fsp3) is 0.552. The fourth-order valence-corrected chi connectivity index (χ4v) is 4.36. The Morgan fingerprint density at radius 1 is 1.05 bits per heavy atom. The summed E-state index contributed by atoms with van der Waals surface area (Å²) in [6, 6.07) is 9.04. The lowest BCUT2D eigenvalue weighted by Crippen LogP contribution is -2.50. The third-order valence-electron chi connectivity index (χ3n) is 6.67. The van der Waals surface area contributed by atoms with Gasteiger partial charge in [-0.3, -0.25) is 4.79 Å². The molecular weight excluding hydrogens is 513 g/mol. The van der Waals surface area contributed by atoms with Gasteiger partial charge in [-0.25, -0.2) is 0 Å². The summed E-state index contributed by atoms with van der Waals surface area (Å²) < 4.78 is 54.6. The van der Waals surface area contributed by atoms with E-state index in [1.54, 1.807) is 21.1 Å². The number of ether oxygens (including phenoxy) is 3. The number of rotatable bonds is 16. The van der Waals surface area contributed by atoms with Crippen molar-refractivity contribution in [3.63, 3.8) is 0 Å². The highest BCUT2D eigenvalue weighted by Gasteiger charge is 2.30. The number of hydrogen-bond donors (Lipinski definition) is 3. The van der Waals surface area contributed by atoms with E-state index in [-0.39, 0.29) is 12.3 Å². The predicted octanol–water partition coefficient (Wildman–Crippen LogP) is 4.52. The van der Waals surface area contributed by atoms with Gasteiger partial charge in [0.15, 0.2) is 11.5 Å². The molecule has 0 radical (unpaired) electrons. The van der Waals surface area contributed by atoms with Gasteiger partial charge in [0.2, 0.25) is 5.91 Å². The minimum absolute atomic E-state index is 0.102. The first kappa shape index (κ1) is 32.4. The number of carbonyl (C=O) groups is 1. The molecule has 4 N–H and O–H groups in total. The zero-order valence-electron chi connectivity index (χ0n) is 23.1. The summed E-state index contributed by atoms with van der Waals surface area (Å²) in [6.45, 7) is 4.83. The van der Waals surface area contributed by atoms with E-state index in [0.29, 0.717) is 36.7 Å². The lowest BCUT2D eigenvalue weighted by molar-refractivity contribution is -0.137. The smallest absolute Gasteiger partial charge is 0.416 e. The molecule has 1 unspecified atom stereocenters. The maximum atomic E-state index is 12.7. The summed E-state index contributed by atoms with van der Waals surface area (Å²) in [7, 11) is 3.24. The zero-order chi connectivity index (χ0) is 29.0. The number of aliphatic hydroxyl groups excluding tert-OH is 1. The molecule has 2 aromatic rings. The zero-order valence-corrected chi connectivity index (χ0v) is 23.1. The SMILES string of the molecule is CC[C@@H](Cc1ccc(OC)c(OCCCOC)c1)C[C@H](N)[C@H](O)C(C)NC(=O)Cc1ccc(C(F)(F)F)cc1. The number of nitrogens with one attached hydrogen (secondary N) is 1. The topological polar surface area (TPSA) is 103 Å². The molecular formula is C29H41F3N2O5. The standard InChI is InChI=1S/C29H41F3N2O5/c1-5-20(15-22-9-12-25(38-4)26(17-22)39-14-6-13-37-3)16-24(33)28(36)19(2)34-27(35)18-21-7-10-23(11-8-21)29(30,31)32/h7-12,17,19-20,24,28,36H,5-6,13-16,18,33H2,1-4H3,(H,34,35)/t19?,20-,24-,28+/m0/s1. The number of nitrogens with two attached hydrogens (primary N) is 1. The highest BCUT2D eigenvalue weighted by molar-refractivity contribution is 5.78. The number of halogens is 3. The number of benzene rings is 2. The molecule has 39 heavy (non-hydrogen) atoms. The molecule has 2 aromatic carbocycles. The number of hydrogen-bond acceptors (Lipinski definition) is 6. The number of methoxy groups -OCH3 is 2. The maximum absolute atomic E-state index is 12.7. The number of alkyl halides is 3. The number of carbonyl (C=O) groups excluding carboxylic acids is 1. The van der Waals surface area contributed by atoms with Gasteiger partial charge < -0.3 is 30.4 Å². The molecule has 10 heteroatoms. The molecule has 4 atom stereocenters. The maximum Gasteiger partial charge on any atom is 0.416 e. The fourth-order valence-electron chi connectivity index (χ4n) is 4.36. The molecule has 1 amide bonds. The van der Waals surface area contributed by atoms with Gasteiger partial charge in [0.05, 0.1) is 37.8 Å². The van der Waals surface area contributed by atoms with E-state index in [1.807, 2.05) is 18.2 Å². The molecule has 0 saturated carbocycles. The van der Waals surface area contributed by atoms with Crippen molar-refractivity contribution in [3.05, 3.63) is 59.2 Å². The molecule has 0 saturated heterocycles. The summed E-state index contributed by atoms with van der Waals surface area (Å²) in [5.74, 6) is 1.09. The van der Waals surface area contributed by atoms with Crippen LogP contribution in [0.25, 0.3) is 0 Å². The summed E-state index contributed by atoms with van der Waals surface area (Å²) in [4.78, 5) is 12.4. The second kappa shape index (κ2) is 15.7. The average molecular weight is 555 g/mol. The largest absolute Gasteiger partial charge is 0.493 e. The molecule has 0 spiro atoms. The second-order valence-electron chi connectivity index (χ2n) is 9.78. The Morgan fingerprint density at radius 3 is 2.31 bits per heavy atom. The minimum Gasteiger partial charge on any atom is -0.493 e. The Kier molecular flexibility index (Phi) is 13.0. The molecule has 0 fully saturated rings. The second-order valence-corrected chi connectivity index (χ2v) is 9.78. The van der Waals surface area contributed by atoms with Crippen molar-refractivity contribution in [1.82, 2.24) is 5.32 Å². The van der Waals surface area contributed by atoms with Crippen LogP contribution in [0.5, 0.6) is 11.5 Å². The Balaban J connectivity index is 1.91. The van der Waals surface area contributed by atoms with Gasteiger partial charge in [0.1, 0.15) is 0 Å². The molecule has 0 aliphatic carbocycles. The summed E-state index contributed by atoms with van der Waals surface area (Å²) in [6.07, 6.45) is -2.67. The van der Waals surface area contributed by atoms with Gasteiger partial charge in [0, 0.05) is 26.2 Å². The van der Waals surface area contributed by atoms with Crippen LogP contribution in [0.15, 0.2) is 42.5 Å². The van der Waals surface area contributed by atoms with Crippen LogP contribution in [0.2, 0.25) is 0 Å². The monoisotopic (exact) mass is 554 g/mol. The van der Waals surface area contributed by atoms with Crippen LogP contribution in [0.1, 0.15) is 49.8 Å². The lowest BCUT2D eigenvalue weighted by atomic mass is 9.87. The predicted molar refractivity (Wildman–Crippen MR) is 144 cm³/mol. The molecule has 218 valence electrons. The first-order valence-electron chi connectivity index (χ1n) is 13.2. The quantitative estimate of drug-likeness (QED) is 0.264. The van der Waals surface area contributed by atoms with E-state index >= 15 is 0 Å². The molecule has 0 aliphatic heterocycles. The lowest BCUT2D eigenvalue weighted by Gasteiger charge is -2.28. The summed E-state index contributed by atoms with van der Waals surface area (Å²) in [5.41, 5.74) is 7.07. The molecule has 2 rings (SSSR count). The molecule has 7 nitrogen and oxygen atoms in total. The van der Waals surface area contributed by atoms with Crippen LogP contribution in [0, 0.1) is 5.92 Å². The van der Waals surface area contributed by atoms with Crippen molar-refractivity contribution in [3.8, 4) is 11.5 Å². The van der Waals surface area contributed by atoms with E-state index in [4.69, 9.17) is 19.9 Å². The van der Waals surface area contributed by atoms with Crippen LogP contribution in [0.3, 0.4) is 0 Å². The van der Waals surface area contributed by atoms with Gasteiger partial charge in [-0.1, -0.05) is 31.5 Å². The molecule has 0 aliphatic rings. The van der Waals surface area contributed by atoms with Gasteiger partial charge in [-0.05, 0) is 61.1 Å². The third-order valence-corrected chi connectivity index (χ3v) is 6.67. The third kappa shape index (κ3) is 10.7. The normalized spacial score (nSPS) is 14.8. The molecule has 0 aromatic heterocycles. The number of amides is 1. The summed E-state index contributed by atoms with van der Waals surface area (Å²) in [5, 5.41) is 13.5. The van der Waals surface area contributed by atoms with Crippen molar-refractivity contribution in [2.24, 2.45) is 11.7 Å².